The smallest absolute Gasteiger partial charge is 0.0433 e. The van der Waals surface area contributed by atoms with Crippen molar-refractivity contribution < 1.29 is 5.11 Å². The summed E-state index contributed by atoms with van der Waals surface area (Å²) in [6.07, 6.45) is 4.92. The molecule has 1 aliphatic carbocycles. The first-order valence-electron chi connectivity index (χ1n) is 10.1. The Balaban J connectivity index is 3.20. The zero-order valence-corrected chi connectivity index (χ0v) is 17.4. The molecule has 0 saturated heterocycles. The van der Waals surface area contributed by atoms with Crippen molar-refractivity contribution in [3.63, 3.8) is 0 Å². The minimum atomic E-state index is 0.337. The maximum atomic E-state index is 9.32. The van der Waals surface area contributed by atoms with Crippen LogP contribution in [0, 0.1) is 46.3 Å². The van der Waals surface area contributed by atoms with E-state index in [0.29, 0.717) is 23.4 Å². The number of rotatable bonds is 6. The molecule has 1 N–H and O–H groups in total. The van der Waals surface area contributed by atoms with Crippen LogP contribution in [0.3, 0.4) is 0 Å². The minimum absolute atomic E-state index is 0.337. The van der Waals surface area contributed by atoms with E-state index in [1.54, 1.807) is 0 Å². The second-order valence-electron chi connectivity index (χ2n) is 10.6. The highest BCUT2D eigenvalue weighted by Crippen LogP contribution is 2.61. The van der Waals surface area contributed by atoms with Gasteiger partial charge in [-0.1, -0.05) is 75.2 Å². The highest BCUT2D eigenvalue weighted by atomic mass is 16.3. The zero-order chi connectivity index (χ0) is 18.0. The fourth-order valence-electron chi connectivity index (χ4n) is 5.81. The van der Waals surface area contributed by atoms with Crippen molar-refractivity contribution >= 4 is 0 Å². The molecule has 6 atom stereocenters. The van der Waals surface area contributed by atoms with Crippen molar-refractivity contribution in [2.75, 3.05) is 6.61 Å². The van der Waals surface area contributed by atoms with Gasteiger partial charge < -0.3 is 5.11 Å². The molecule has 1 saturated carbocycles. The van der Waals surface area contributed by atoms with Gasteiger partial charge in [-0.3, -0.25) is 0 Å². The summed E-state index contributed by atoms with van der Waals surface area (Å²) in [6.45, 7) is 22.3. The third kappa shape index (κ3) is 4.97. The van der Waals surface area contributed by atoms with Gasteiger partial charge in [0.2, 0.25) is 0 Å². The SMILES string of the molecule is CCCC1C(C(C)(C)C)C(C(C)(C)C)C(CC(C)CCO)[C@@H]1C. The largest absolute Gasteiger partial charge is 0.396 e. The van der Waals surface area contributed by atoms with Crippen LogP contribution in [0.5, 0.6) is 0 Å². The van der Waals surface area contributed by atoms with E-state index in [2.05, 4.69) is 62.3 Å². The zero-order valence-electron chi connectivity index (χ0n) is 17.4. The molecular formula is C22H44O. The summed E-state index contributed by atoms with van der Waals surface area (Å²) in [4.78, 5) is 0. The number of hydrogen-bond donors (Lipinski definition) is 1. The predicted octanol–water partition coefficient (Wildman–Crippen LogP) is 6.40. The predicted molar refractivity (Wildman–Crippen MR) is 102 cm³/mol. The molecule has 0 aliphatic heterocycles. The quantitative estimate of drug-likeness (QED) is 0.599. The van der Waals surface area contributed by atoms with E-state index in [0.717, 1.165) is 36.0 Å². The summed E-state index contributed by atoms with van der Waals surface area (Å²) in [5.41, 5.74) is 0.735. The van der Waals surface area contributed by atoms with Crippen molar-refractivity contribution in [3.8, 4) is 0 Å². The molecule has 0 radical (unpaired) electrons. The lowest BCUT2D eigenvalue weighted by Crippen LogP contribution is -2.38. The van der Waals surface area contributed by atoms with Gasteiger partial charge in [-0.2, -0.15) is 0 Å². The van der Waals surface area contributed by atoms with E-state index >= 15 is 0 Å². The maximum absolute atomic E-state index is 9.32. The minimum Gasteiger partial charge on any atom is -0.396 e. The van der Waals surface area contributed by atoms with Crippen LogP contribution in [-0.2, 0) is 0 Å². The first-order valence-corrected chi connectivity index (χ1v) is 10.1. The molecule has 5 unspecified atom stereocenters. The lowest BCUT2D eigenvalue weighted by Gasteiger charge is -2.44. The fraction of sp³-hybridized carbons (Fsp3) is 1.00. The van der Waals surface area contributed by atoms with E-state index in [4.69, 9.17) is 0 Å². The molecular weight excluding hydrogens is 280 g/mol. The summed E-state index contributed by atoms with van der Waals surface area (Å²) in [7, 11) is 0. The summed E-state index contributed by atoms with van der Waals surface area (Å²) < 4.78 is 0. The number of hydrogen-bond acceptors (Lipinski definition) is 1. The highest BCUT2D eigenvalue weighted by molar-refractivity contribution is 5.03. The van der Waals surface area contributed by atoms with E-state index in [-0.39, 0.29) is 0 Å². The van der Waals surface area contributed by atoms with Gasteiger partial charge in [0, 0.05) is 6.61 Å². The van der Waals surface area contributed by atoms with Crippen LogP contribution in [0.25, 0.3) is 0 Å². The van der Waals surface area contributed by atoms with Crippen molar-refractivity contribution in [2.24, 2.45) is 46.3 Å². The first kappa shape index (κ1) is 21.0. The molecule has 1 fully saturated rings. The molecule has 23 heavy (non-hydrogen) atoms. The summed E-state index contributed by atoms with van der Waals surface area (Å²) >= 11 is 0. The molecule has 0 aromatic heterocycles. The average molecular weight is 325 g/mol. The van der Waals surface area contributed by atoms with Gasteiger partial charge in [-0.15, -0.1) is 0 Å². The first-order chi connectivity index (χ1) is 10.4. The molecule has 0 heterocycles. The van der Waals surface area contributed by atoms with Gasteiger partial charge in [0.15, 0.2) is 0 Å². The normalized spacial score (nSPS) is 33.9. The second kappa shape index (κ2) is 7.89. The summed E-state index contributed by atoms with van der Waals surface area (Å²) in [5.74, 6) is 4.70. The maximum Gasteiger partial charge on any atom is 0.0433 e. The standard InChI is InChI=1S/C22H44O/c1-10-11-17-16(3)18(14-15(2)12-13-23)20(22(7,8)9)19(17)21(4,5)6/h15-20,23H,10-14H2,1-9H3/t15?,16-,17?,18?,19?,20?/m1/s1. The van der Waals surface area contributed by atoms with Gasteiger partial charge in [-0.05, 0) is 59.2 Å². The fourth-order valence-corrected chi connectivity index (χ4v) is 5.81. The van der Waals surface area contributed by atoms with Crippen LogP contribution in [-0.4, -0.2) is 11.7 Å². The Morgan fingerprint density at radius 2 is 1.39 bits per heavy atom. The molecule has 1 rings (SSSR count). The number of aliphatic hydroxyl groups excluding tert-OH is 1. The monoisotopic (exact) mass is 324 g/mol. The average Bonchev–Trinajstić information content (AvgIpc) is 2.64. The summed E-state index contributed by atoms with van der Waals surface area (Å²) in [6, 6.07) is 0. The Bertz CT molecular complexity index is 346. The van der Waals surface area contributed by atoms with Crippen molar-refractivity contribution in [3.05, 3.63) is 0 Å². The van der Waals surface area contributed by atoms with Crippen LogP contribution >= 0.6 is 0 Å². The van der Waals surface area contributed by atoms with Gasteiger partial charge in [0.1, 0.15) is 0 Å². The highest BCUT2D eigenvalue weighted by Gasteiger charge is 2.55. The van der Waals surface area contributed by atoms with Crippen molar-refractivity contribution in [1.29, 1.82) is 0 Å². The lowest BCUT2D eigenvalue weighted by atomic mass is 9.61. The van der Waals surface area contributed by atoms with Crippen LogP contribution in [0.1, 0.15) is 88.0 Å². The Morgan fingerprint density at radius 3 is 1.78 bits per heavy atom. The van der Waals surface area contributed by atoms with Crippen molar-refractivity contribution in [1.82, 2.24) is 0 Å². The summed E-state index contributed by atoms with van der Waals surface area (Å²) in [5, 5.41) is 9.32. The van der Waals surface area contributed by atoms with E-state index < -0.39 is 0 Å². The Kier molecular flexibility index (Phi) is 7.21. The van der Waals surface area contributed by atoms with Crippen LogP contribution < -0.4 is 0 Å². The molecule has 0 aromatic carbocycles. The van der Waals surface area contributed by atoms with Crippen LogP contribution in [0.2, 0.25) is 0 Å². The molecule has 1 aliphatic rings. The van der Waals surface area contributed by atoms with Gasteiger partial charge in [-0.25, -0.2) is 0 Å². The van der Waals surface area contributed by atoms with Crippen molar-refractivity contribution in [2.45, 2.75) is 88.0 Å². The second-order valence-corrected chi connectivity index (χ2v) is 10.6. The molecule has 1 nitrogen and oxygen atoms in total. The van der Waals surface area contributed by atoms with Gasteiger partial charge in [0.25, 0.3) is 0 Å². The van der Waals surface area contributed by atoms with Crippen LogP contribution in [0.4, 0.5) is 0 Å². The molecule has 0 aromatic rings. The van der Waals surface area contributed by atoms with Crippen LogP contribution in [0.15, 0.2) is 0 Å². The van der Waals surface area contributed by atoms with E-state index in [9.17, 15) is 5.11 Å². The van der Waals surface area contributed by atoms with Gasteiger partial charge in [0.05, 0.1) is 0 Å². The van der Waals surface area contributed by atoms with E-state index in [1.807, 2.05) is 0 Å². The Labute approximate surface area is 146 Å². The number of aliphatic hydroxyl groups is 1. The topological polar surface area (TPSA) is 20.2 Å². The molecule has 138 valence electrons. The van der Waals surface area contributed by atoms with Gasteiger partial charge >= 0.3 is 0 Å². The molecule has 0 spiro atoms. The molecule has 0 amide bonds. The van der Waals surface area contributed by atoms with E-state index in [1.165, 1.54) is 19.3 Å². The Morgan fingerprint density at radius 1 is 0.913 bits per heavy atom. The molecule has 0 bridgehead atoms. The lowest BCUT2D eigenvalue weighted by molar-refractivity contribution is 0.0424. The third-order valence-electron chi connectivity index (χ3n) is 6.58. The Hall–Kier alpha value is -0.0400. The molecule has 1 heteroatoms. The third-order valence-corrected chi connectivity index (χ3v) is 6.58.